The van der Waals surface area contributed by atoms with Crippen LogP contribution in [0.5, 0.6) is 0 Å². The summed E-state index contributed by atoms with van der Waals surface area (Å²) in [6.45, 7) is 6.69. The van der Waals surface area contributed by atoms with E-state index >= 15 is 0 Å². The molecule has 1 aromatic rings. The fourth-order valence-electron chi connectivity index (χ4n) is 2.60. The van der Waals surface area contributed by atoms with Crippen molar-refractivity contribution in [1.29, 1.82) is 0 Å². The minimum absolute atomic E-state index is 0.248. The van der Waals surface area contributed by atoms with Gasteiger partial charge in [-0.2, -0.15) is 4.31 Å². The molecule has 0 atom stereocenters. The summed E-state index contributed by atoms with van der Waals surface area (Å²) in [6, 6.07) is 2.64. The van der Waals surface area contributed by atoms with Gasteiger partial charge in [-0.1, -0.05) is 6.92 Å². The van der Waals surface area contributed by atoms with E-state index in [0.29, 0.717) is 26.2 Å². The number of rotatable bonds is 4. The number of nitrogens with zero attached hydrogens (tertiary/aromatic N) is 2. The number of aryl methyl sites for hydroxylation is 1. The fourth-order valence-corrected chi connectivity index (χ4v) is 4.20. The van der Waals surface area contributed by atoms with E-state index in [4.69, 9.17) is 5.73 Å². The van der Waals surface area contributed by atoms with Crippen LogP contribution in [0, 0.1) is 12.7 Å². The Morgan fingerprint density at radius 3 is 2.43 bits per heavy atom. The molecule has 0 bridgehead atoms. The first-order chi connectivity index (χ1) is 9.86. The Hall–Kier alpha value is -1.18. The van der Waals surface area contributed by atoms with E-state index in [1.54, 1.807) is 0 Å². The normalized spacial score (nSPS) is 18.0. The topological polar surface area (TPSA) is 66.6 Å². The van der Waals surface area contributed by atoms with Gasteiger partial charge in [0, 0.05) is 31.9 Å². The maximum absolute atomic E-state index is 14.2. The zero-order chi connectivity index (χ0) is 15.6. The Morgan fingerprint density at radius 1 is 1.24 bits per heavy atom. The number of piperazine rings is 1. The fraction of sp³-hybridized carbons (Fsp3) is 0.571. The van der Waals surface area contributed by atoms with Crippen LogP contribution in [-0.2, 0) is 10.0 Å². The van der Waals surface area contributed by atoms with Crippen LogP contribution in [0.2, 0.25) is 0 Å². The molecule has 1 saturated heterocycles. The molecule has 1 aromatic carbocycles. The van der Waals surface area contributed by atoms with E-state index in [2.05, 4.69) is 11.8 Å². The summed E-state index contributed by atoms with van der Waals surface area (Å²) in [4.78, 5) is 1.90. The van der Waals surface area contributed by atoms with E-state index in [1.807, 2.05) is 0 Å². The lowest BCUT2D eigenvalue weighted by molar-refractivity contribution is 0.188. The number of hydrogen-bond donors (Lipinski definition) is 1. The highest BCUT2D eigenvalue weighted by molar-refractivity contribution is 7.89. The Morgan fingerprint density at radius 2 is 1.86 bits per heavy atom. The Balaban J connectivity index is 2.24. The third kappa shape index (κ3) is 3.36. The monoisotopic (exact) mass is 315 g/mol. The molecule has 1 heterocycles. The van der Waals surface area contributed by atoms with Gasteiger partial charge in [0.2, 0.25) is 10.0 Å². The second kappa shape index (κ2) is 6.29. The third-order valence-electron chi connectivity index (χ3n) is 3.73. The molecule has 1 aliphatic rings. The van der Waals surface area contributed by atoms with E-state index in [9.17, 15) is 12.8 Å². The zero-order valence-corrected chi connectivity index (χ0v) is 13.3. The first-order valence-corrected chi connectivity index (χ1v) is 8.58. The number of halogens is 1. The van der Waals surface area contributed by atoms with Gasteiger partial charge in [-0.3, -0.25) is 0 Å². The molecular formula is C14H22FN3O2S. The minimum atomic E-state index is -3.82. The summed E-state index contributed by atoms with van der Waals surface area (Å²) in [5.41, 5.74) is 6.17. The van der Waals surface area contributed by atoms with Gasteiger partial charge in [0.1, 0.15) is 10.7 Å². The second-order valence-corrected chi connectivity index (χ2v) is 7.30. The van der Waals surface area contributed by atoms with Crippen molar-refractivity contribution < 1.29 is 12.8 Å². The van der Waals surface area contributed by atoms with Crippen molar-refractivity contribution in [2.75, 3.05) is 38.5 Å². The summed E-state index contributed by atoms with van der Waals surface area (Å²) in [7, 11) is -3.82. The van der Waals surface area contributed by atoms with Crippen molar-refractivity contribution in [3.63, 3.8) is 0 Å². The average Bonchev–Trinajstić information content (AvgIpc) is 2.43. The van der Waals surface area contributed by atoms with Crippen LogP contribution < -0.4 is 5.73 Å². The Labute approximate surface area is 125 Å². The number of anilines is 1. The number of sulfonamides is 1. The SMILES string of the molecule is CCCN1CCN(S(=O)(=O)c2cc(N)cc(C)c2F)CC1. The van der Waals surface area contributed by atoms with Crippen LogP contribution in [-0.4, -0.2) is 50.3 Å². The smallest absolute Gasteiger partial charge is 0.246 e. The standard InChI is InChI=1S/C14H22FN3O2S/c1-3-4-17-5-7-18(8-6-17)21(19,20)13-10-12(16)9-11(2)14(13)15/h9-10H,3-8,16H2,1-2H3. The van der Waals surface area contributed by atoms with E-state index in [0.717, 1.165) is 13.0 Å². The molecule has 1 fully saturated rings. The van der Waals surface area contributed by atoms with Crippen molar-refractivity contribution in [2.24, 2.45) is 0 Å². The number of benzene rings is 1. The predicted molar refractivity (Wildman–Crippen MR) is 81.0 cm³/mol. The van der Waals surface area contributed by atoms with Crippen molar-refractivity contribution in [2.45, 2.75) is 25.2 Å². The van der Waals surface area contributed by atoms with Crippen LogP contribution in [0.4, 0.5) is 10.1 Å². The number of nitrogen functional groups attached to an aromatic ring is 1. The van der Waals surface area contributed by atoms with Gasteiger partial charge in [-0.05, 0) is 37.6 Å². The molecule has 0 amide bonds. The van der Waals surface area contributed by atoms with Crippen molar-refractivity contribution >= 4 is 15.7 Å². The van der Waals surface area contributed by atoms with E-state index in [-0.39, 0.29) is 16.1 Å². The molecule has 0 unspecified atom stereocenters. The van der Waals surface area contributed by atoms with Crippen LogP contribution in [0.3, 0.4) is 0 Å². The number of hydrogen-bond acceptors (Lipinski definition) is 4. The maximum atomic E-state index is 14.2. The molecule has 118 valence electrons. The van der Waals surface area contributed by atoms with Crippen molar-refractivity contribution in [1.82, 2.24) is 9.21 Å². The quantitative estimate of drug-likeness (QED) is 0.854. The maximum Gasteiger partial charge on any atom is 0.246 e. The van der Waals surface area contributed by atoms with Crippen LogP contribution in [0.1, 0.15) is 18.9 Å². The van der Waals surface area contributed by atoms with Gasteiger partial charge >= 0.3 is 0 Å². The van der Waals surface area contributed by atoms with E-state index in [1.165, 1.54) is 23.4 Å². The third-order valence-corrected chi connectivity index (χ3v) is 5.63. The van der Waals surface area contributed by atoms with Crippen LogP contribution >= 0.6 is 0 Å². The first-order valence-electron chi connectivity index (χ1n) is 7.14. The molecule has 2 rings (SSSR count). The number of nitrogens with two attached hydrogens (primary N) is 1. The molecule has 1 aliphatic heterocycles. The molecule has 0 radical (unpaired) electrons. The van der Waals surface area contributed by atoms with Gasteiger partial charge in [0.25, 0.3) is 0 Å². The van der Waals surface area contributed by atoms with Crippen LogP contribution in [0.15, 0.2) is 17.0 Å². The molecule has 21 heavy (non-hydrogen) atoms. The van der Waals surface area contributed by atoms with Crippen molar-refractivity contribution in [3.05, 3.63) is 23.5 Å². The first kappa shape index (κ1) is 16.2. The summed E-state index contributed by atoms with van der Waals surface area (Å²) in [6.07, 6.45) is 1.04. The molecule has 0 aliphatic carbocycles. The predicted octanol–water partition coefficient (Wildman–Crippen LogP) is 1.43. The molecule has 5 nitrogen and oxygen atoms in total. The molecule has 7 heteroatoms. The molecule has 0 aromatic heterocycles. The van der Waals surface area contributed by atoms with Gasteiger partial charge in [0.15, 0.2) is 0 Å². The Bertz CT molecular complexity index is 611. The molecule has 0 spiro atoms. The highest BCUT2D eigenvalue weighted by atomic mass is 32.2. The summed E-state index contributed by atoms with van der Waals surface area (Å²) >= 11 is 0. The van der Waals surface area contributed by atoms with Crippen molar-refractivity contribution in [3.8, 4) is 0 Å². The second-order valence-electron chi connectivity index (χ2n) is 5.40. The van der Waals surface area contributed by atoms with E-state index < -0.39 is 15.8 Å². The largest absolute Gasteiger partial charge is 0.399 e. The molecule has 2 N–H and O–H groups in total. The van der Waals surface area contributed by atoms with Gasteiger partial charge in [-0.25, -0.2) is 12.8 Å². The van der Waals surface area contributed by atoms with Gasteiger partial charge in [-0.15, -0.1) is 0 Å². The van der Waals surface area contributed by atoms with Crippen LogP contribution in [0.25, 0.3) is 0 Å². The molecular weight excluding hydrogens is 293 g/mol. The lowest BCUT2D eigenvalue weighted by Gasteiger charge is -2.33. The summed E-state index contributed by atoms with van der Waals surface area (Å²) in [5.74, 6) is -0.708. The zero-order valence-electron chi connectivity index (χ0n) is 12.5. The summed E-state index contributed by atoms with van der Waals surface area (Å²) in [5, 5.41) is 0. The Kier molecular flexibility index (Phi) is 4.85. The average molecular weight is 315 g/mol. The van der Waals surface area contributed by atoms with Gasteiger partial charge in [0.05, 0.1) is 0 Å². The molecule has 0 saturated carbocycles. The minimum Gasteiger partial charge on any atom is -0.399 e. The highest BCUT2D eigenvalue weighted by Crippen LogP contribution is 2.25. The lowest BCUT2D eigenvalue weighted by Crippen LogP contribution is -2.48. The highest BCUT2D eigenvalue weighted by Gasteiger charge is 2.31. The summed E-state index contributed by atoms with van der Waals surface area (Å²) < 4.78 is 40.7. The van der Waals surface area contributed by atoms with Gasteiger partial charge < -0.3 is 10.6 Å². The lowest BCUT2D eigenvalue weighted by atomic mass is 10.2.